The highest BCUT2D eigenvalue weighted by atomic mass is 32.2. The van der Waals surface area contributed by atoms with Gasteiger partial charge in [-0.05, 0) is 43.2 Å². The average molecular weight is 503 g/mol. The monoisotopic (exact) mass is 502 g/mol. The minimum absolute atomic E-state index is 0.0532. The highest BCUT2D eigenvalue weighted by molar-refractivity contribution is 7.90. The lowest BCUT2D eigenvalue weighted by atomic mass is 9.69. The van der Waals surface area contributed by atoms with E-state index in [-0.39, 0.29) is 40.9 Å². The molecule has 1 saturated heterocycles. The largest absolute Gasteiger partial charge is 0.387 e. The fourth-order valence-corrected chi connectivity index (χ4v) is 7.03. The van der Waals surface area contributed by atoms with Crippen LogP contribution in [-0.4, -0.2) is 56.7 Å². The molecule has 5 atom stereocenters. The summed E-state index contributed by atoms with van der Waals surface area (Å²) < 4.78 is 28.2. The zero-order valence-electron chi connectivity index (χ0n) is 20.2. The second kappa shape index (κ2) is 9.64. The predicted molar refractivity (Wildman–Crippen MR) is 132 cm³/mol. The summed E-state index contributed by atoms with van der Waals surface area (Å²) in [7, 11) is -2.58. The molecule has 35 heavy (non-hydrogen) atoms. The third-order valence-corrected chi connectivity index (χ3v) is 9.25. The first kappa shape index (κ1) is 25.2. The fraction of sp³-hybridized carbons (Fsp3) is 0.560. The van der Waals surface area contributed by atoms with Crippen LogP contribution in [0.1, 0.15) is 39.0 Å². The first-order valence-corrected chi connectivity index (χ1v) is 13.7. The molecule has 3 amide bonds. The maximum Gasteiger partial charge on any atom is 0.266 e. The molecule has 1 aliphatic heterocycles. The molecule has 3 aliphatic rings. The number of carbonyl (C=O) groups is 3. The highest BCUT2D eigenvalue weighted by Gasteiger charge is 2.61. The number of sulfonamides is 1. The summed E-state index contributed by atoms with van der Waals surface area (Å²) in [5.41, 5.74) is -1.01. The highest BCUT2D eigenvalue weighted by Crippen LogP contribution is 2.46. The molecule has 0 aromatic heterocycles. The quantitative estimate of drug-likeness (QED) is 0.489. The summed E-state index contributed by atoms with van der Waals surface area (Å²) in [4.78, 5) is 40.7. The molecule has 1 heterocycles. The van der Waals surface area contributed by atoms with E-state index < -0.39 is 27.4 Å². The Morgan fingerprint density at radius 3 is 2.51 bits per heavy atom. The Kier molecular flexibility index (Phi) is 6.95. The number of nitrogens with one attached hydrogen (secondary N) is 3. The number of piperidine rings is 1. The van der Waals surface area contributed by atoms with Gasteiger partial charge in [0.05, 0.1) is 11.6 Å². The number of fused-ring (bicyclic) bond motifs is 1. The lowest BCUT2D eigenvalue weighted by molar-refractivity contribution is -0.141. The van der Waals surface area contributed by atoms with E-state index in [1.807, 2.05) is 0 Å². The van der Waals surface area contributed by atoms with Crippen molar-refractivity contribution in [1.29, 1.82) is 0 Å². The molecule has 0 spiro atoms. The van der Waals surface area contributed by atoms with Crippen LogP contribution in [0.2, 0.25) is 0 Å². The van der Waals surface area contributed by atoms with Crippen LogP contribution in [0, 0.1) is 23.7 Å². The molecule has 2 aliphatic carbocycles. The topological polar surface area (TPSA) is 125 Å². The molecule has 3 unspecified atom stereocenters. The van der Waals surface area contributed by atoms with E-state index in [9.17, 15) is 22.8 Å². The van der Waals surface area contributed by atoms with Crippen molar-refractivity contribution in [1.82, 2.24) is 14.9 Å². The van der Waals surface area contributed by atoms with Gasteiger partial charge in [0.2, 0.25) is 11.8 Å². The van der Waals surface area contributed by atoms with Crippen molar-refractivity contribution in [2.75, 3.05) is 25.5 Å². The van der Waals surface area contributed by atoms with E-state index in [2.05, 4.69) is 21.9 Å². The van der Waals surface area contributed by atoms with E-state index >= 15 is 0 Å². The van der Waals surface area contributed by atoms with Crippen molar-refractivity contribution in [2.24, 2.45) is 23.7 Å². The van der Waals surface area contributed by atoms with E-state index in [4.69, 9.17) is 0 Å². The van der Waals surface area contributed by atoms with Crippen LogP contribution in [-0.2, 0) is 24.4 Å². The lowest BCUT2D eigenvalue weighted by Gasteiger charge is -2.45. The summed E-state index contributed by atoms with van der Waals surface area (Å²) in [6.07, 6.45) is 5.85. The lowest BCUT2D eigenvalue weighted by Crippen LogP contribution is -2.58. The van der Waals surface area contributed by atoms with Gasteiger partial charge in [0, 0.05) is 33.0 Å². The second-order valence-corrected chi connectivity index (χ2v) is 11.6. The van der Waals surface area contributed by atoms with Crippen molar-refractivity contribution in [3.63, 3.8) is 0 Å². The SMILES string of the molecule is C=C[C@@H]1C[C@]1(NC(=O)C1CN(C(C)=O)CC2CCCCC21)C(=O)NS(=O)(=O)c1ccccc1NC. The molecular weight excluding hydrogens is 468 g/mol. The molecule has 0 bridgehead atoms. The average Bonchev–Trinajstić information content (AvgIpc) is 3.57. The summed E-state index contributed by atoms with van der Waals surface area (Å²) in [5.74, 6) is -1.56. The van der Waals surface area contributed by atoms with Crippen molar-refractivity contribution in [3.8, 4) is 0 Å². The molecule has 1 aromatic rings. The summed E-state index contributed by atoms with van der Waals surface area (Å²) in [6.45, 7) is 6.24. The summed E-state index contributed by atoms with van der Waals surface area (Å²) in [6, 6.07) is 6.28. The zero-order valence-corrected chi connectivity index (χ0v) is 21.1. The maximum absolute atomic E-state index is 13.6. The van der Waals surface area contributed by atoms with Gasteiger partial charge in [-0.2, -0.15) is 0 Å². The third-order valence-electron chi connectivity index (χ3n) is 7.86. The van der Waals surface area contributed by atoms with Crippen LogP contribution in [0.5, 0.6) is 0 Å². The Bertz CT molecular complexity index is 1140. The van der Waals surface area contributed by atoms with E-state index in [1.165, 1.54) is 13.0 Å². The Hall–Kier alpha value is -2.88. The van der Waals surface area contributed by atoms with Crippen LogP contribution in [0.4, 0.5) is 5.69 Å². The molecule has 9 nitrogen and oxygen atoms in total. The summed E-state index contributed by atoms with van der Waals surface area (Å²) in [5, 5.41) is 5.71. The predicted octanol–water partition coefficient (Wildman–Crippen LogP) is 1.88. The Morgan fingerprint density at radius 2 is 1.86 bits per heavy atom. The molecule has 190 valence electrons. The van der Waals surface area contributed by atoms with Crippen molar-refractivity contribution < 1.29 is 22.8 Å². The van der Waals surface area contributed by atoms with Gasteiger partial charge in [0.1, 0.15) is 10.4 Å². The normalized spacial score (nSPS) is 29.9. The van der Waals surface area contributed by atoms with E-state index in [1.54, 1.807) is 36.2 Å². The van der Waals surface area contributed by atoms with Gasteiger partial charge in [0.25, 0.3) is 15.9 Å². The zero-order chi connectivity index (χ0) is 25.4. The number of para-hydroxylation sites is 1. The van der Waals surface area contributed by atoms with E-state index in [0.717, 1.165) is 25.7 Å². The van der Waals surface area contributed by atoms with Crippen molar-refractivity contribution in [2.45, 2.75) is 49.5 Å². The van der Waals surface area contributed by atoms with Gasteiger partial charge in [0.15, 0.2) is 0 Å². The van der Waals surface area contributed by atoms with Gasteiger partial charge < -0.3 is 15.5 Å². The van der Waals surface area contributed by atoms with Gasteiger partial charge in [-0.25, -0.2) is 13.1 Å². The maximum atomic E-state index is 13.6. The second-order valence-electron chi connectivity index (χ2n) is 9.93. The van der Waals surface area contributed by atoms with Crippen LogP contribution < -0.4 is 15.4 Å². The summed E-state index contributed by atoms with van der Waals surface area (Å²) >= 11 is 0. The van der Waals surface area contributed by atoms with Gasteiger partial charge >= 0.3 is 0 Å². The standard InChI is InChI=1S/C25H34N4O5S/c1-4-18-13-25(18,24(32)28-35(33,34)22-12-8-7-11-21(22)26-3)27-23(31)20-15-29(16(2)30)14-17-9-5-6-10-19(17)20/h4,7-8,11-12,17-20,26H,1,5-6,9-10,13-15H2,2-3H3,(H,27,31)(H,28,32)/t17?,18-,19?,20?,25-/m1/s1. The Labute approximate surface area is 206 Å². The van der Waals surface area contributed by atoms with Crippen LogP contribution in [0.3, 0.4) is 0 Å². The molecule has 10 heteroatoms. The smallest absolute Gasteiger partial charge is 0.266 e. The molecule has 3 N–H and O–H groups in total. The number of benzene rings is 1. The first-order chi connectivity index (χ1) is 16.6. The molecular formula is C25H34N4O5S. The van der Waals surface area contributed by atoms with Crippen LogP contribution >= 0.6 is 0 Å². The van der Waals surface area contributed by atoms with Crippen LogP contribution in [0.15, 0.2) is 41.8 Å². The Balaban J connectivity index is 1.55. The first-order valence-electron chi connectivity index (χ1n) is 12.2. The molecule has 3 fully saturated rings. The number of carbonyl (C=O) groups excluding carboxylic acids is 3. The number of amides is 3. The number of nitrogens with zero attached hydrogens (tertiary/aromatic N) is 1. The Morgan fingerprint density at radius 1 is 1.14 bits per heavy atom. The minimum Gasteiger partial charge on any atom is -0.387 e. The molecule has 1 aromatic carbocycles. The minimum atomic E-state index is -4.18. The number of likely N-dealkylation sites (tertiary alicyclic amines) is 1. The number of anilines is 1. The fourth-order valence-electron chi connectivity index (χ4n) is 5.78. The van der Waals surface area contributed by atoms with Crippen LogP contribution in [0.25, 0.3) is 0 Å². The van der Waals surface area contributed by atoms with Gasteiger partial charge in [-0.1, -0.05) is 31.1 Å². The number of rotatable bonds is 7. The van der Waals surface area contributed by atoms with Gasteiger partial charge in [-0.15, -0.1) is 6.58 Å². The number of hydrogen-bond donors (Lipinski definition) is 3. The number of hydrogen-bond acceptors (Lipinski definition) is 6. The van der Waals surface area contributed by atoms with Crippen molar-refractivity contribution >= 4 is 33.4 Å². The van der Waals surface area contributed by atoms with Crippen molar-refractivity contribution in [3.05, 3.63) is 36.9 Å². The molecule has 2 saturated carbocycles. The van der Waals surface area contributed by atoms with Gasteiger partial charge in [-0.3, -0.25) is 14.4 Å². The molecule has 4 rings (SSSR count). The van der Waals surface area contributed by atoms with E-state index in [0.29, 0.717) is 18.8 Å². The molecule has 0 radical (unpaired) electrons. The third kappa shape index (κ3) is 4.80.